The smallest absolute Gasteiger partial charge is 0.234 e. The van der Waals surface area contributed by atoms with Crippen LogP contribution in [0.2, 0.25) is 0 Å². The molecule has 5 heteroatoms. The van der Waals surface area contributed by atoms with Gasteiger partial charge >= 0.3 is 0 Å². The van der Waals surface area contributed by atoms with Gasteiger partial charge in [-0.2, -0.15) is 0 Å². The number of anilines is 1. The summed E-state index contributed by atoms with van der Waals surface area (Å²) in [6.45, 7) is 2.07. The number of halogens is 1. The molecule has 0 aliphatic heterocycles. The molecule has 0 aliphatic rings. The van der Waals surface area contributed by atoms with Gasteiger partial charge in [-0.1, -0.05) is 19.1 Å². The van der Waals surface area contributed by atoms with E-state index in [0.717, 1.165) is 6.42 Å². The van der Waals surface area contributed by atoms with Crippen LogP contribution in [0.1, 0.15) is 18.9 Å². The van der Waals surface area contributed by atoms with Crippen molar-refractivity contribution in [2.24, 2.45) is 0 Å². The highest BCUT2D eigenvalue weighted by molar-refractivity contribution is 7.92. The fraction of sp³-hybridized carbons (Fsp3) is 0.500. The predicted octanol–water partition coefficient (Wildman–Crippen LogP) is 2.64. The van der Waals surface area contributed by atoms with Crippen LogP contribution in [-0.4, -0.2) is 27.1 Å². The summed E-state index contributed by atoms with van der Waals surface area (Å²) in [4.78, 5) is 0. The normalized spacial score (nSPS) is 11.5. The van der Waals surface area contributed by atoms with Crippen LogP contribution in [0.25, 0.3) is 0 Å². The Balaban J connectivity index is 2.84. The first-order chi connectivity index (χ1) is 8.01. The summed E-state index contributed by atoms with van der Waals surface area (Å²) in [6, 6.07) is 7.56. The molecule has 0 aromatic heterocycles. The van der Waals surface area contributed by atoms with Gasteiger partial charge in [0, 0.05) is 12.9 Å². The minimum absolute atomic E-state index is 0.0858. The Morgan fingerprint density at radius 1 is 1.24 bits per heavy atom. The summed E-state index contributed by atoms with van der Waals surface area (Å²) >= 11 is 5.51. The molecule has 1 aromatic carbocycles. The van der Waals surface area contributed by atoms with Crippen LogP contribution >= 0.6 is 11.6 Å². The lowest BCUT2D eigenvalue weighted by atomic mass is 10.1. The van der Waals surface area contributed by atoms with Gasteiger partial charge in [-0.15, -0.1) is 11.6 Å². The van der Waals surface area contributed by atoms with Gasteiger partial charge in [0.05, 0.1) is 11.4 Å². The van der Waals surface area contributed by atoms with Crippen molar-refractivity contribution in [2.45, 2.75) is 19.8 Å². The van der Waals surface area contributed by atoms with Gasteiger partial charge < -0.3 is 0 Å². The van der Waals surface area contributed by atoms with Gasteiger partial charge in [-0.05, 0) is 30.5 Å². The SMILES string of the molecule is CCc1ccc(N(C)S(=O)(=O)CCCCl)cc1. The zero-order valence-corrected chi connectivity index (χ0v) is 11.8. The maximum atomic E-state index is 11.9. The average Bonchev–Trinajstić information content (AvgIpc) is 2.35. The Bertz CT molecular complexity index is 442. The van der Waals surface area contributed by atoms with Crippen molar-refractivity contribution in [3.05, 3.63) is 29.8 Å². The highest BCUT2D eigenvalue weighted by Crippen LogP contribution is 2.18. The molecule has 1 aromatic rings. The standard InChI is InChI=1S/C12H18ClNO2S/c1-3-11-5-7-12(8-6-11)14(2)17(15,16)10-4-9-13/h5-8H,3-4,9-10H2,1-2H3. The van der Waals surface area contributed by atoms with E-state index >= 15 is 0 Å². The first kappa shape index (κ1) is 14.3. The lowest BCUT2D eigenvalue weighted by molar-refractivity contribution is 0.593. The van der Waals surface area contributed by atoms with Crippen molar-refractivity contribution in [2.75, 3.05) is 23.0 Å². The third-order valence-corrected chi connectivity index (χ3v) is 4.78. The van der Waals surface area contributed by atoms with Crippen molar-refractivity contribution >= 4 is 27.3 Å². The number of sulfonamides is 1. The molecule has 0 aliphatic carbocycles. The monoisotopic (exact) mass is 275 g/mol. The summed E-state index contributed by atoms with van der Waals surface area (Å²) < 4.78 is 25.1. The molecule has 0 heterocycles. The van der Waals surface area contributed by atoms with Crippen LogP contribution in [0.5, 0.6) is 0 Å². The van der Waals surface area contributed by atoms with Crippen LogP contribution in [0.15, 0.2) is 24.3 Å². The number of hydrogen-bond acceptors (Lipinski definition) is 2. The molecule has 0 saturated heterocycles. The van der Waals surface area contributed by atoms with E-state index in [1.807, 2.05) is 24.3 Å². The van der Waals surface area contributed by atoms with Crippen molar-refractivity contribution in [1.29, 1.82) is 0 Å². The summed E-state index contributed by atoms with van der Waals surface area (Å²) in [7, 11) is -1.67. The molecule has 1 rings (SSSR count). The predicted molar refractivity (Wildman–Crippen MR) is 73.3 cm³/mol. The number of aryl methyl sites for hydroxylation is 1. The third-order valence-electron chi connectivity index (χ3n) is 2.66. The molecule has 0 fully saturated rings. The van der Waals surface area contributed by atoms with E-state index in [-0.39, 0.29) is 5.75 Å². The highest BCUT2D eigenvalue weighted by atomic mass is 35.5. The second-order valence-corrected chi connectivity index (χ2v) is 6.34. The molecule has 0 atom stereocenters. The summed E-state index contributed by atoms with van der Waals surface area (Å²) in [5.74, 6) is 0.449. The Labute approximate surface area is 108 Å². The van der Waals surface area contributed by atoms with Crippen LogP contribution in [0.4, 0.5) is 5.69 Å². The lowest BCUT2D eigenvalue weighted by Gasteiger charge is -2.19. The number of rotatable bonds is 6. The first-order valence-electron chi connectivity index (χ1n) is 5.62. The van der Waals surface area contributed by atoms with Crippen molar-refractivity contribution in [3.63, 3.8) is 0 Å². The van der Waals surface area contributed by atoms with Crippen molar-refractivity contribution < 1.29 is 8.42 Å². The lowest BCUT2D eigenvalue weighted by Crippen LogP contribution is -2.29. The maximum absolute atomic E-state index is 11.9. The third kappa shape index (κ3) is 3.89. The van der Waals surface area contributed by atoms with Crippen LogP contribution in [-0.2, 0) is 16.4 Å². The summed E-state index contributed by atoms with van der Waals surface area (Å²) in [5, 5.41) is 0. The maximum Gasteiger partial charge on any atom is 0.234 e. The average molecular weight is 276 g/mol. The molecule has 96 valence electrons. The number of hydrogen-bond donors (Lipinski definition) is 0. The topological polar surface area (TPSA) is 37.4 Å². The van der Waals surface area contributed by atoms with Gasteiger partial charge in [0.15, 0.2) is 0 Å². The van der Waals surface area contributed by atoms with Crippen LogP contribution in [0.3, 0.4) is 0 Å². The minimum Gasteiger partial charge on any atom is -0.273 e. The van der Waals surface area contributed by atoms with E-state index in [0.29, 0.717) is 18.0 Å². The Morgan fingerprint density at radius 3 is 2.29 bits per heavy atom. The van der Waals surface area contributed by atoms with Gasteiger partial charge in [-0.3, -0.25) is 4.31 Å². The van der Waals surface area contributed by atoms with E-state index < -0.39 is 10.0 Å². The van der Waals surface area contributed by atoms with E-state index in [4.69, 9.17) is 11.6 Å². The van der Waals surface area contributed by atoms with Crippen LogP contribution in [0, 0.1) is 0 Å². The Hall–Kier alpha value is -0.740. The molecule has 0 radical (unpaired) electrons. The fourth-order valence-electron chi connectivity index (χ4n) is 1.48. The molecule has 0 spiro atoms. The van der Waals surface area contributed by atoms with Gasteiger partial charge in [-0.25, -0.2) is 8.42 Å². The van der Waals surface area contributed by atoms with Crippen molar-refractivity contribution in [1.82, 2.24) is 0 Å². The summed E-state index contributed by atoms with van der Waals surface area (Å²) in [6.07, 6.45) is 1.42. The molecule has 17 heavy (non-hydrogen) atoms. The fourth-order valence-corrected chi connectivity index (χ4v) is 2.99. The molecule has 0 bridgehead atoms. The van der Waals surface area contributed by atoms with E-state index in [1.165, 1.54) is 9.87 Å². The summed E-state index contributed by atoms with van der Waals surface area (Å²) in [5.41, 5.74) is 1.89. The highest BCUT2D eigenvalue weighted by Gasteiger charge is 2.17. The number of alkyl halides is 1. The molecule has 0 amide bonds. The molecule has 0 unspecified atom stereocenters. The van der Waals surface area contributed by atoms with Gasteiger partial charge in [0.25, 0.3) is 0 Å². The first-order valence-corrected chi connectivity index (χ1v) is 7.77. The molecular weight excluding hydrogens is 258 g/mol. The largest absolute Gasteiger partial charge is 0.273 e. The molecule has 0 saturated carbocycles. The van der Waals surface area contributed by atoms with Gasteiger partial charge in [0.1, 0.15) is 0 Å². The van der Waals surface area contributed by atoms with Gasteiger partial charge in [0.2, 0.25) is 10.0 Å². The molecular formula is C12H18ClNO2S. The van der Waals surface area contributed by atoms with Crippen LogP contribution < -0.4 is 4.31 Å². The molecule has 3 nitrogen and oxygen atoms in total. The minimum atomic E-state index is -3.25. The quantitative estimate of drug-likeness (QED) is 0.749. The Kier molecular flexibility index (Phi) is 5.28. The Morgan fingerprint density at radius 2 is 1.82 bits per heavy atom. The number of nitrogens with zero attached hydrogens (tertiary/aromatic N) is 1. The van der Waals surface area contributed by atoms with E-state index in [9.17, 15) is 8.42 Å². The van der Waals surface area contributed by atoms with E-state index in [1.54, 1.807) is 7.05 Å². The zero-order valence-electron chi connectivity index (χ0n) is 10.2. The second kappa shape index (κ2) is 6.26. The number of benzene rings is 1. The zero-order chi connectivity index (χ0) is 12.9. The second-order valence-electron chi connectivity index (χ2n) is 3.85. The van der Waals surface area contributed by atoms with E-state index in [2.05, 4.69) is 6.92 Å². The van der Waals surface area contributed by atoms with Crippen molar-refractivity contribution in [3.8, 4) is 0 Å². The molecule has 0 N–H and O–H groups in total.